The summed E-state index contributed by atoms with van der Waals surface area (Å²) in [6.45, 7) is 0. The summed E-state index contributed by atoms with van der Waals surface area (Å²) < 4.78 is 0. The number of benzene rings is 1. The molecule has 0 unspecified atom stereocenters. The first-order valence-electron chi connectivity index (χ1n) is 8.73. The largest absolute Gasteiger partial charge is 0.366 e. The Kier molecular flexibility index (Phi) is 5.77. The molecule has 1 aliphatic rings. The van der Waals surface area contributed by atoms with E-state index in [0.717, 1.165) is 17.8 Å². The van der Waals surface area contributed by atoms with Gasteiger partial charge in [-0.3, -0.25) is 4.79 Å². The Hall–Kier alpha value is -2.43. The molecule has 0 bridgehead atoms. The summed E-state index contributed by atoms with van der Waals surface area (Å²) in [6, 6.07) is 14.2. The Balaban J connectivity index is 1.45. The van der Waals surface area contributed by atoms with Crippen LogP contribution in [0.1, 0.15) is 44.1 Å². The minimum atomic E-state index is -0.0406. The number of anilines is 2. The van der Waals surface area contributed by atoms with Crippen LogP contribution in [0.3, 0.4) is 0 Å². The molecule has 3 rings (SSSR count). The third-order valence-electron chi connectivity index (χ3n) is 4.37. The predicted molar refractivity (Wildman–Crippen MR) is 95.9 cm³/mol. The van der Waals surface area contributed by atoms with Crippen molar-refractivity contribution < 1.29 is 4.79 Å². The lowest BCUT2D eigenvalue weighted by Gasteiger charge is -2.22. The first-order chi connectivity index (χ1) is 11.8. The van der Waals surface area contributed by atoms with Gasteiger partial charge in [0.15, 0.2) is 5.82 Å². The summed E-state index contributed by atoms with van der Waals surface area (Å²) in [4.78, 5) is 12.0. The van der Waals surface area contributed by atoms with Crippen LogP contribution in [0.2, 0.25) is 0 Å². The van der Waals surface area contributed by atoms with Crippen LogP contribution < -0.4 is 10.6 Å². The van der Waals surface area contributed by atoms with Gasteiger partial charge < -0.3 is 10.6 Å². The zero-order valence-corrected chi connectivity index (χ0v) is 13.9. The third kappa shape index (κ3) is 5.05. The van der Waals surface area contributed by atoms with Crippen LogP contribution in [0.4, 0.5) is 11.6 Å². The highest BCUT2D eigenvalue weighted by Gasteiger charge is 2.13. The highest BCUT2D eigenvalue weighted by molar-refractivity contribution is 5.89. The van der Waals surface area contributed by atoms with Gasteiger partial charge in [0, 0.05) is 12.5 Å². The van der Waals surface area contributed by atoms with Crippen molar-refractivity contribution in [3.63, 3.8) is 0 Å². The second-order valence-electron chi connectivity index (χ2n) is 6.32. The maximum Gasteiger partial charge on any atom is 0.225 e. The van der Waals surface area contributed by atoms with Gasteiger partial charge in [-0.2, -0.15) is 0 Å². The number of hydrogen-bond acceptors (Lipinski definition) is 4. The molecule has 1 saturated carbocycles. The van der Waals surface area contributed by atoms with Crippen LogP contribution >= 0.6 is 0 Å². The summed E-state index contributed by atoms with van der Waals surface area (Å²) in [6.07, 6.45) is 7.44. The number of amides is 1. The van der Waals surface area contributed by atoms with Crippen molar-refractivity contribution in [2.75, 3.05) is 10.6 Å². The molecule has 1 aromatic heterocycles. The minimum Gasteiger partial charge on any atom is -0.366 e. The molecule has 1 amide bonds. The Morgan fingerprint density at radius 2 is 1.67 bits per heavy atom. The van der Waals surface area contributed by atoms with Gasteiger partial charge in [0.1, 0.15) is 5.82 Å². The van der Waals surface area contributed by atoms with Crippen molar-refractivity contribution in [1.82, 2.24) is 10.2 Å². The monoisotopic (exact) mass is 324 g/mol. The molecule has 2 N–H and O–H groups in total. The first-order valence-corrected chi connectivity index (χ1v) is 8.73. The Labute approximate surface area is 142 Å². The molecule has 5 heteroatoms. The van der Waals surface area contributed by atoms with Crippen molar-refractivity contribution in [3.05, 3.63) is 48.0 Å². The lowest BCUT2D eigenvalue weighted by atomic mass is 9.95. The minimum absolute atomic E-state index is 0.0406. The summed E-state index contributed by atoms with van der Waals surface area (Å²) in [5.41, 5.74) is 1.16. The molecule has 0 saturated heterocycles. The molecule has 1 fully saturated rings. The second kappa shape index (κ2) is 8.43. The zero-order chi connectivity index (χ0) is 16.6. The van der Waals surface area contributed by atoms with Gasteiger partial charge in [-0.15, -0.1) is 10.2 Å². The average molecular weight is 324 g/mol. The molecule has 24 heavy (non-hydrogen) atoms. The number of nitrogens with zero attached hydrogens (tertiary/aromatic N) is 2. The fraction of sp³-hybridized carbons (Fsp3) is 0.421. The SMILES string of the molecule is O=C(CCc1ccccc1)Nc1ccc(NC2CCCCC2)nn1. The van der Waals surface area contributed by atoms with E-state index in [1.807, 2.05) is 36.4 Å². The first kappa shape index (κ1) is 16.4. The Morgan fingerprint density at radius 3 is 2.38 bits per heavy atom. The topological polar surface area (TPSA) is 66.9 Å². The Bertz CT molecular complexity index is 636. The molecule has 5 nitrogen and oxygen atoms in total. The van der Waals surface area contributed by atoms with Gasteiger partial charge >= 0.3 is 0 Å². The molecule has 0 atom stereocenters. The van der Waals surface area contributed by atoms with Gasteiger partial charge in [-0.05, 0) is 37.0 Å². The Morgan fingerprint density at radius 1 is 0.958 bits per heavy atom. The lowest BCUT2D eigenvalue weighted by molar-refractivity contribution is -0.116. The van der Waals surface area contributed by atoms with E-state index in [0.29, 0.717) is 18.3 Å². The van der Waals surface area contributed by atoms with E-state index in [1.165, 1.54) is 32.1 Å². The van der Waals surface area contributed by atoms with Crippen LogP contribution in [-0.4, -0.2) is 22.1 Å². The molecule has 1 heterocycles. The van der Waals surface area contributed by atoms with Gasteiger partial charge in [0.05, 0.1) is 0 Å². The molecule has 126 valence electrons. The van der Waals surface area contributed by atoms with Gasteiger partial charge in [-0.25, -0.2) is 0 Å². The molecular weight excluding hydrogens is 300 g/mol. The maximum atomic E-state index is 12.0. The van der Waals surface area contributed by atoms with Crippen LogP contribution in [-0.2, 0) is 11.2 Å². The molecule has 0 aliphatic heterocycles. The standard InChI is InChI=1S/C19H24N4O/c24-19(14-11-15-7-3-1-4-8-15)21-18-13-12-17(22-23-18)20-16-9-5-2-6-10-16/h1,3-4,7-8,12-13,16H,2,5-6,9-11,14H2,(H,20,22)(H,21,23,24). The fourth-order valence-electron chi connectivity index (χ4n) is 3.04. The molecule has 0 radical (unpaired) electrons. The maximum absolute atomic E-state index is 12.0. The molecule has 1 aliphatic carbocycles. The van der Waals surface area contributed by atoms with Crippen LogP contribution in [0.25, 0.3) is 0 Å². The smallest absolute Gasteiger partial charge is 0.225 e. The normalized spacial score (nSPS) is 15.0. The van der Waals surface area contributed by atoms with E-state index >= 15 is 0 Å². The van der Waals surface area contributed by atoms with Crippen LogP contribution in [0.15, 0.2) is 42.5 Å². The van der Waals surface area contributed by atoms with E-state index < -0.39 is 0 Å². The molecule has 2 aromatic rings. The molecule has 1 aromatic carbocycles. The highest BCUT2D eigenvalue weighted by atomic mass is 16.1. The van der Waals surface area contributed by atoms with Crippen LogP contribution in [0.5, 0.6) is 0 Å². The number of rotatable bonds is 6. The van der Waals surface area contributed by atoms with Crippen molar-refractivity contribution in [2.45, 2.75) is 51.0 Å². The van der Waals surface area contributed by atoms with Crippen molar-refractivity contribution in [1.29, 1.82) is 0 Å². The van der Waals surface area contributed by atoms with E-state index in [1.54, 1.807) is 6.07 Å². The van der Waals surface area contributed by atoms with Crippen molar-refractivity contribution >= 4 is 17.5 Å². The molecule has 0 spiro atoms. The number of carbonyl (C=O) groups is 1. The summed E-state index contributed by atoms with van der Waals surface area (Å²) in [5, 5.41) is 14.5. The van der Waals surface area contributed by atoms with Crippen molar-refractivity contribution in [3.8, 4) is 0 Å². The second-order valence-corrected chi connectivity index (χ2v) is 6.32. The number of hydrogen-bond donors (Lipinski definition) is 2. The summed E-state index contributed by atoms with van der Waals surface area (Å²) in [5.74, 6) is 1.24. The van der Waals surface area contributed by atoms with Gasteiger partial charge in [0.25, 0.3) is 0 Å². The zero-order valence-electron chi connectivity index (χ0n) is 13.9. The number of nitrogens with one attached hydrogen (secondary N) is 2. The molecular formula is C19H24N4O. The van der Waals surface area contributed by atoms with E-state index in [2.05, 4.69) is 20.8 Å². The number of aromatic nitrogens is 2. The number of aryl methyl sites for hydroxylation is 1. The fourth-order valence-corrected chi connectivity index (χ4v) is 3.04. The van der Waals surface area contributed by atoms with Crippen LogP contribution in [0, 0.1) is 0 Å². The third-order valence-corrected chi connectivity index (χ3v) is 4.37. The van der Waals surface area contributed by atoms with Gasteiger partial charge in [-0.1, -0.05) is 49.6 Å². The summed E-state index contributed by atoms with van der Waals surface area (Å²) in [7, 11) is 0. The van der Waals surface area contributed by atoms with E-state index in [9.17, 15) is 4.79 Å². The van der Waals surface area contributed by atoms with E-state index in [4.69, 9.17) is 0 Å². The van der Waals surface area contributed by atoms with Crippen molar-refractivity contribution in [2.24, 2.45) is 0 Å². The van der Waals surface area contributed by atoms with Gasteiger partial charge in [0.2, 0.25) is 5.91 Å². The van der Waals surface area contributed by atoms with E-state index in [-0.39, 0.29) is 5.91 Å². The highest BCUT2D eigenvalue weighted by Crippen LogP contribution is 2.20. The average Bonchev–Trinajstić information content (AvgIpc) is 2.63. The number of carbonyl (C=O) groups excluding carboxylic acids is 1. The predicted octanol–water partition coefficient (Wildman–Crippen LogP) is 3.79. The lowest BCUT2D eigenvalue weighted by Crippen LogP contribution is -2.23. The summed E-state index contributed by atoms with van der Waals surface area (Å²) >= 11 is 0. The quantitative estimate of drug-likeness (QED) is 0.848.